The van der Waals surface area contributed by atoms with Crippen molar-refractivity contribution in [2.24, 2.45) is 0 Å². The van der Waals surface area contributed by atoms with Gasteiger partial charge < -0.3 is 20.9 Å². The van der Waals surface area contributed by atoms with E-state index in [9.17, 15) is 18.4 Å². The third-order valence-electron chi connectivity index (χ3n) is 5.98. The van der Waals surface area contributed by atoms with E-state index in [4.69, 9.17) is 0 Å². The number of H-pyrrole nitrogens is 1. The van der Waals surface area contributed by atoms with Crippen molar-refractivity contribution in [3.63, 3.8) is 0 Å². The first-order valence-electron chi connectivity index (χ1n) is 11.0. The van der Waals surface area contributed by atoms with Gasteiger partial charge in [-0.1, -0.05) is 18.2 Å². The molecule has 1 saturated heterocycles. The number of amides is 2. The molecule has 0 aliphatic carbocycles. The molecule has 1 aliphatic heterocycles. The van der Waals surface area contributed by atoms with Gasteiger partial charge in [0.15, 0.2) is 0 Å². The Morgan fingerprint density at radius 3 is 2.67 bits per heavy atom. The molecule has 4 N–H and O–H groups in total. The number of halogens is 2. The highest BCUT2D eigenvalue weighted by atomic mass is 19.1. The summed E-state index contributed by atoms with van der Waals surface area (Å²) in [5.41, 5.74) is 0.989. The number of piperidine rings is 1. The zero-order valence-corrected chi connectivity index (χ0v) is 18.1. The van der Waals surface area contributed by atoms with Crippen molar-refractivity contribution in [2.75, 3.05) is 19.6 Å². The number of aromatic amines is 1. The van der Waals surface area contributed by atoms with E-state index >= 15 is 0 Å². The topological polar surface area (TPSA) is 86.0 Å². The maximum atomic E-state index is 13.8. The molecule has 0 radical (unpaired) electrons. The zero-order chi connectivity index (χ0) is 23.3. The van der Waals surface area contributed by atoms with Crippen LogP contribution in [0.15, 0.2) is 54.7 Å². The van der Waals surface area contributed by atoms with Crippen molar-refractivity contribution < 1.29 is 18.4 Å². The normalized spacial score (nSPS) is 15.6. The van der Waals surface area contributed by atoms with Gasteiger partial charge in [-0.15, -0.1) is 0 Å². The summed E-state index contributed by atoms with van der Waals surface area (Å²) in [6, 6.07) is 10.7. The van der Waals surface area contributed by atoms with E-state index in [1.165, 1.54) is 30.4 Å². The molecule has 4 rings (SSSR count). The van der Waals surface area contributed by atoms with Gasteiger partial charge in [0, 0.05) is 35.3 Å². The van der Waals surface area contributed by atoms with Gasteiger partial charge in [-0.25, -0.2) is 8.78 Å². The Kier molecular flexibility index (Phi) is 6.84. The fourth-order valence-electron chi connectivity index (χ4n) is 4.15. The number of hydrogen-bond acceptors (Lipinski definition) is 3. The van der Waals surface area contributed by atoms with E-state index in [1.54, 1.807) is 24.3 Å². The summed E-state index contributed by atoms with van der Waals surface area (Å²) >= 11 is 0. The summed E-state index contributed by atoms with van der Waals surface area (Å²) in [5.74, 6) is -1.45. The Morgan fingerprint density at radius 1 is 1.09 bits per heavy atom. The third-order valence-corrected chi connectivity index (χ3v) is 5.98. The quantitative estimate of drug-likeness (QED) is 0.416. The van der Waals surface area contributed by atoms with Gasteiger partial charge in [0.05, 0.1) is 0 Å². The molecule has 0 saturated carbocycles. The van der Waals surface area contributed by atoms with Crippen molar-refractivity contribution in [1.29, 1.82) is 0 Å². The van der Waals surface area contributed by atoms with Crippen LogP contribution in [0, 0.1) is 11.6 Å². The minimum atomic E-state index is -1.05. The van der Waals surface area contributed by atoms with Crippen molar-refractivity contribution >= 4 is 28.8 Å². The summed E-state index contributed by atoms with van der Waals surface area (Å²) in [4.78, 5) is 28.8. The average molecular weight is 453 g/mol. The Bertz CT molecular complexity index is 1180. The van der Waals surface area contributed by atoms with E-state index in [1.807, 2.05) is 6.20 Å². The van der Waals surface area contributed by atoms with Crippen molar-refractivity contribution in [3.8, 4) is 0 Å². The third kappa shape index (κ3) is 5.28. The van der Waals surface area contributed by atoms with Crippen LogP contribution in [0.2, 0.25) is 0 Å². The van der Waals surface area contributed by atoms with Crippen molar-refractivity contribution in [3.05, 3.63) is 77.5 Å². The summed E-state index contributed by atoms with van der Waals surface area (Å²) < 4.78 is 27.4. The fourth-order valence-corrected chi connectivity index (χ4v) is 4.15. The summed E-state index contributed by atoms with van der Waals surface area (Å²) in [6.45, 7) is 1.53. The highest BCUT2D eigenvalue weighted by molar-refractivity contribution is 5.97. The van der Waals surface area contributed by atoms with E-state index in [0.717, 1.165) is 16.5 Å². The number of fused-ring (bicyclic) bond motifs is 1. The number of rotatable bonds is 7. The molecule has 0 spiro atoms. The molecule has 2 heterocycles. The van der Waals surface area contributed by atoms with Crippen LogP contribution in [0.3, 0.4) is 0 Å². The smallest absolute Gasteiger partial charge is 0.245 e. The van der Waals surface area contributed by atoms with E-state index in [-0.39, 0.29) is 11.7 Å². The van der Waals surface area contributed by atoms with Gasteiger partial charge >= 0.3 is 0 Å². The maximum Gasteiger partial charge on any atom is 0.245 e. The van der Waals surface area contributed by atoms with Crippen molar-refractivity contribution in [1.82, 2.24) is 20.9 Å². The number of aromatic nitrogens is 1. The van der Waals surface area contributed by atoms with Crippen LogP contribution in [-0.2, 0) is 16.0 Å². The predicted octanol–water partition coefficient (Wildman–Crippen LogP) is 3.06. The molecule has 1 aliphatic rings. The van der Waals surface area contributed by atoms with Gasteiger partial charge in [0.1, 0.15) is 17.2 Å². The molecule has 0 bridgehead atoms. The Hall–Kier alpha value is -3.52. The Balaban J connectivity index is 1.40. The highest BCUT2D eigenvalue weighted by Crippen LogP contribution is 2.21. The average Bonchev–Trinajstić information content (AvgIpc) is 3.21. The second kappa shape index (κ2) is 9.95. The molecule has 3 aromatic rings. The van der Waals surface area contributed by atoms with Crippen LogP contribution in [0.1, 0.15) is 24.0 Å². The van der Waals surface area contributed by atoms with Gasteiger partial charge in [0.2, 0.25) is 11.8 Å². The standard InChI is InChI=1S/C25H26F2N4O2/c26-19-6-7-22-20(15-19)18(16-30-22)9-12-29-24(33)25(10-13-28-14-11-25)31-23(32)8-5-17-3-1-2-4-21(17)27/h1-8,15-16,28,30H,9-14H2,(H,29,33)(H,31,32). The first-order valence-corrected chi connectivity index (χ1v) is 11.0. The molecule has 2 aromatic carbocycles. The van der Waals surface area contributed by atoms with Crippen LogP contribution in [0.5, 0.6) is 0 Å². The SMILES string of the molecule is O=C(C=Cc1ccccc1F)NC1(C(=O)NCCc2c[nH]c3ccc(F)cc23)CCNCC1. The molecule has 2 amide bonds. The number of nitrogens with one attached hydrogen (secondary N) is 4. The molecule has 0 atom stereocenters. The molecule has 172 valence electrons. The second-order valence-corrected chi connectivity index (χ2v) is 8.19. The van der Waals surface area contributed by atoms with Crippen LogP contribution in [0.4, 0.5) is 8.78 Å². The fraction of sp³-hybridized carbons (Fsp3) is 0.280. The van der Waals surface area contributed by atoms with Crippen LogP contribution >= 0.6 is 0 Å². The van der Waals surface area contributed by atoms with Crippen LogP contribution in [-0.4, -0.2) is 42.0 Å². The molecule has 8 heteroatoms. The minimum Gasteiger partial charge on any atom is -0.361 e. The molecule has 1 aromatic heterocycles. The molecule has 0 unspecified atom stereocenters. The van der Waals surface area contributed by atoms with E-state index in [2.05, 4.69) is 20.9 Å². The molecule has 6 nitrogen and oxygen atoms in total. The van der Waals surface area contributed by atoms with Crippen LogP contribution in [0.25, 0.3) is 17.0 Å². The van der Waals surface area contributed by atoms with Crippen LogP contribution < -0.4 is 16.0 Å². The lowest BCUT2D eigenvalue weighted by Gasteiger charge is -2.36. The number of hydrogen-bond donors (Lipinski definition) is 4. The molecule has 33 heavy (non-hydrogen) atoms. The first-order chi connectivity index (χ1) is 16.0. The zero-order valence-electron chi connectivity index (χ0n) is 18.1. The highest BCUT2D eigenvalue weighted by Gasteiger charge is 2.40. The summed E-state index contributed by atoms with van der Waals surface area (Å²) in [6.07, 6.45) is 5.85. The molecule has 1 fully saturated rings. The Morgan fingerprint density at radius 2 is 1.88 bits per heavy atom. The monoisotopic (exact) mass is 452 g/mol. The van der Waals surface area contributed by atoms with Gasteiger partial charge in [-0.05, 0) is 68.3 Å². The first kappa shape index (κ1) is 22.7. The number of carbonyl (C=O) groups is 2. The summed E-state index contributed by atoms with van der Waals surface area (Å²) in [7, 11) is 0. The molecular formula is C25H26F2N4O2. The number of carbonyl (C=O) groups excluding carboxylic acids is 2. The van der Waals surface area contributed by atoms with Gasteiger partial charge in [-0.3, -0.25) is 9.59 Å². The lowest BCUT2D eigenvalue weighted by Crippen LogP contribution is -2.62. The van der Waals surface area contributed by atoms with Gasteiger partial charge in [0.25, 0.3) is 0 Å². The van der Waals surface area contributed by atoms with E-state index in [0.29, 0.717) is 44.5 Å². The summed E-state index contributed by atoms with van der Waals surface area (Å²) in [5, 5.41) is 9.76. The predicted molar refractivity (Wildman–Crippen MR) is 123 cm³/mol. The molecular weight excluding hydrogens is 426 g/mol. The largest absolute Gasteiger partial charge is 0.361 e. The second-order valence-electron chi connectivity index (χ2n) is 8.19. The minimum absolute atomic E-state index is 0.261. The van der Waals surface area contributed by atoms with Crippen molar-refractivity contribution in [2.45, 2.75) is 24.8 Å². The Labute approximate surface area is 190 Å². The maximum absolute atomic E-state index is 13.8. The lowest BCUT2D eigenvalue weighted by molar-refractivity contribution is -0.133. The van der Waals surface area contributed by atoms with E-state index < -0.39 is 17.3 Å². The van der Waals surface area contributed by atoms with Gasteiger partial charge in [-0.2, -0.15) is 0 Å². The number of benzene rings is 2. The lowest BCUT2D eigenvalue weighted by atomic mass is 9.87.